The summed E-state index contributed by atoms with van der Waals surface area (Å²) in [7, 11) is -3.06. The average Bonchev–Trinajstić information content (AvgIpc) is 2.25. The smallest absolute Gasteiger partial charge is 0.192 e. The van der Waals surface area contributed by atoms with Crippen molar-refractivity contribution in [1.29, 1.82) is 0 Å². The molecule has 0 saturated heterocycles. The van der Waals surface area contributed by atoms with Crippen molar-refractivity contribution in [3.8, 4) is 11.5 Å². The van der Waals surface area contributed by atoms with Gasteiger partial charge in [0.2, 0.25) is 0 Å². The zero-order valence-corrected chi connectivity index (χ0v) is 19.0. The Labute approximate surface area is 147 Å². The molecule has 0 rings (SSSR count). The second-order valence-corrected chi connectivity index (χ2v) is 18.1. The normalized spacial score (nSPS) is 15.3. The Kier molecular flexibility index (Phi) is 8.77. The Morgan fingerprint density at radius 1 is 1.10 bits per heavy atom. The fourth-order valence-corrected chi connectivity index (χ4v) is 3.50. The molecule has 0 aliphatic heterocycles. The summed E-state index contributed by atoms with van der Waals surface area (Å²) >= 11 is 2.23. The predicted molar refractivity (Wildman–Crippen MR) is 110 cm³/mol. The fourth-order valence-electron chi connectivity index (χ4n) is 1.35. The van der Waals surface area contributed by atoms with Crippen LogP contribution in [0.15, 0.2) is 22.3 Å². The fraction of sp³-hybridized carbons (Fsp3) is 0.647. The molecule has 4 heteroatoms. The van der Waals surface area contributed by atoms with Crippen LogP contribution in [0.4, 0.5) is 0 Å². The molecule has 0 N–H and O–H groups in total. The van der Waals surface area contributed by atoms with Gasteiger partial charge in [-0.2, -0.15) is 0 Å². The lowest BCUT2D eigenvalue weighted by atomic mass is 10.2. The summed E-state index contributed by atoms with van der Waals surface area (Å²) in [5.74, 6) is 3.36. The van der Waals surface area contributed by atoms with Crippen LogP contribution in [0, 0.1) is 11.5 Å². The zero-order valence-electron chi connectivity index (χ0n) is 14.9. The van der Waals surface area contributed by atoms with Gasteiger partial charge >= 0.3 is 0 Å². The van der Waals surface area contributed by atoms with E-state index in [1.54, 1.807) is 0 Å². The van der Waals surface area contributed by atoms with Gasteiger partial charge in [-0.3, -0.25) is 0 Å². The van der Waals surface area contributed by atoms with Gasteiger partial charge in [-0.1, -0.05) is 81.2 Å². The van der Waals surface area contributed by atoms with Crippen molar-refractivity contribution >= 4 is 39.0 Å². The van der Waals surface area contributed by atoms with Gasteiger partial charge in [-0.15, -0.1) is 11.5 Å². The molecule has 0 fully saturated rings. The van der Waals surface area contributed by atoms with Crippen molar-refractivity contribution in [2.75, 3.05) is 0 Å². The van der Waals surface area contributed by atoms with E-state index >= 15 is 0 Å². The molecule has 0 heterocycles. The van der Waals surface area contributed by atoms with Crippen molar-refractivity contribution in [2.45, 2.75) is 71.1 Å². The molecule has 0 unspecified atom stereocenters. The molecule has 0 saturated carbocycles. The second-order valence-electron chi connectivity index (χ2n) is 7.88. The Balaban J connectivity index is 5.02. The third-order valence-electron chi connectivity index (χ3n) is 3.53. The Morgan fingerprint density at radius 3 is 2.10 bits per heavy atom. The highest BCUT2D eigenvalue weighted by Crippen LogP contribution is 2.37. The third kappa shape index (κ3) is 9.72. The van der Waals surface area contributed by atoms with Crippen LogP contribution in [0.2, 0.25) is 37.8 Å². The quantitative estimate of drug-likeness (QED) is 0.218. The molecule has 0 aliphatic rings. The van der Waals surface area contributed by atoms with E-state index in [1.807, 2.05) is 10.2 Å². The lowest BCUT2D eigenvalue weighted by Gasteiger charge is -2.38. The van der Waals surface area contributed by atoms with Gasteiger partial charge in [0.25, 0.3) is 0 Å². The molecule has 21 heavy (non-hydrogen) atoms. The predicted octanol–water partition coefficient (Wildman–Crippen LogP) is 6.15. The number of rotatable bonds is 5. The summed E-state index contributed by atoms with van der Waals surface area (Å²) in [4.78, 5) is 0. The van der Waals surface area contributed by atoms with Crippen LogP contribution in [-0.4, -0.2) is 22.5 Å². The van der Waals surface area contributed by atoms with Gasteiger partial charge in [0.05, 0.1) is 6.10 Å². The van der Waals surface area contributed by atoms with E-state index in [4.69, 9.17) is 4.43 Å². The summed E-state index contributed by atoms with van der Waals surface area (Å²) in [6, 6.07) is 0. The summed E-state index contributed by atoms with van der Waals surface area (Å²) in [5, 5.41) is 0.227. The number of hydrogen-bond acceptors (Lipinski definition) is 1. The van der Waals surface area contributed by atoms with Crippen LogP contribution in [0.25, 0.3) is 0 Å². The molecule has 0 aromatic rings. The van der Waals surface area contributed by atoms with Gasteiger partial charge < -0.3 is 4.43 Å². The number of halogens is 1. The van der Waals surface area contributed by atoms with E-state index in [0.29, 0.717) is 0 Å². The first-order valence-corrected chi connectivity index (χ1v) is 15.2. The van der Waals surface area contributed by atoms with E-state index in [0.717, 1.165) is 6.42 Å². The largest absolute Gasteiger partial charge is 0.410 e. The molecule has 0 bridgehead atoms. The summed E-state index contributed by atoms with van der Waals surface area (Å²) in [6.45, 7) is 18.3. The minimum absolute atomic E-state index is 0.0994. The van der Waals surface area contributed by atoms with Crippen molar-refractivity contribution in [3.05, 3.63) is 22.3 Å². The Bertz CT molecular complexity index is 428. The van der Waals surface area contributed by atoms with Crippen molar-refractivity contribution in [3.63, 3.8) is 0 Å². The molecule has 0 amide bonds. The molecule has 0 spiro atoms. The highest BCUT2D eigenvalue weighted by Gasteiger charge is 2.38. The maximum absolute atomic E-state index is 6.49. The van der Waals surface area contributed by atoms with E-state index in [9.17, 15) is 0 Å². The Hall–Kier alpha value is 0.164. The van der Waals surface area contributed by atoms with Crippen molar-refractivity contribution < 1.29 is 4.43 Å². The molecular formula is C17H31IOSi2. The molecule has 120 valence electrons. The van der Waals surface area contributed by atoms with Gasteiger partial charge in [0.15, 0.2) is 8.32 Å². The first-order valence-electron chi connectivity index (χ1n) is 7.50. The minimum Gasteiger partial charge on any atom is -0.410 e. The van der Waals surface area contributed by atoms with Crippen LogP contribution in [0.3, 0.4) is 0 Å². The standard InChI is InChI=1S/C17H31IOSi2/c1-17(2,3)21(7,8)19-16(12-9-10-14-18)13-11-15-20(4,5)6/h9-10,12,14,16H,13H2,1-8H3/b12-9+,14-10+/t16-/m0/s1. The SMILES string of the molecule is CC(C)(C)[Si](C)(C)O[C@@H](/C=C/C=C/I)CC#C[Si](C)(C)C. The average molecular weight is 435 g/mol. The van der Waals surface area contributed by atoms with Crippen molar-refractivity contribution in [1.82, 2.24) is 0 Å². The van der Waals surface area contributed by atoms with E-state index in [2.05, 4.69) is 99.7 Å². The third-order valence-corrected chi connectivity index (χ3v) is 9.37. The van der Waals surface area contributed by atoms with Gasteiger partial charge in [0.1, 0.15) is 8.07 Å². The molecule has 0 aromatic heterocycles. The zero-order chi connectivity index (χ0) is 16.7. The summed E-state index contributed by atoms with van der Waals surface area (Å²) in [5.41, 5.74) is 3.44. The molecule has 1 nitrogen and oxygen atoms in total. The Morgan fingerprint density at radius 2 is 1.67 bits per heavy atom. The van der Waals surface area contributed by atoms with Crippen LogP contribution in [0.1, 0.15) is 27.2 Å². The monoisotopic (exact) mass is 434 g/mol. The lowest BCUT2D eigenvalue weighted by Crippen LogP contribution is -2.43. The highest BCUT2D eigenvalue weighted by atomic mass is 127. The molecule has 0 aliphatic carbocycles. The van der Waals surface area contributed by atoms with E-state index in [1.165, 1.54) is 0 Å². The van der Waals surface area contributed by atoms with Gasteiger partial charge in [-0.05, 0) is 22.2 Å². The molecule has 1 atom stereocenters. The first kappa shape index (κ1) is 21.2. The molecule has 0 aromatic carbocycles. The van der Waals surface area contributed by atoms with Gasteiger partial charge in [-0.25, -0.2) is 0 Å². The van der Waals surface area contributed by atoms with Crippen molar-refractivity contribution in [2.24, 2.45) is 0 Å². The van der Waals surface area contributed by atoms with Crippen LogP contribution >= 0.6 is 22.6 Å². The van der Waals surface area contributed by atoms with E-state index in [-0.39, 0.29) is 11.1 Å². The van der Waals surface area contributed by atoms with Crippen LogP contribution in [-0.2, 0) is 4.43 Å². The van der Waals surface area contributed by atoms with E-state index < -0.39 is 16.4 Å². The maximum Gasteiger partial charge on any atom is 0.192 e. The minimum atomic E-state index is -1.76. The topological polar surface area (TPSA) is 9.23 Å². The van der Waals surface area contributed by atoms with Gasteiger partial charge in [0, 0.05) is 6.42 Å². The highest BCUT2D eigenvalue weighted by molar-refractivity contribution is 14.1. The molecular weight excluding hydrogens is 403 g/mol. The first-order chi connectivity index (χ1) is 9.39. The van der Waals surface area contributed by atoms with Crippen LogP contribution in [0.5, 0.6) is 0 Å². The van der Waals surface area contributed by atoms with Crippen LogP contribution < -0.4 is 0 Å². The second kappa shape index (κ2) is 8.71. The lowest BCUT2D eigenvalue weighted by molar-refractivity contribution is 0.230. The number of allylic oxidation sites excluding steroid dienone is 2. The maximum atomic E-state index is 6.49. The number of hydrogen-bond donors (Lipinski definition) is 0. The summed E-state index contributed by atoms with van der Waals surface area (Å²) < 4.78 is 8.50. The molecule has 0 radical (unpaired) electrons. The summed E-state index contributed by atoms with van der Waals surface area (Å²) in [6.07, 6.45) is 7.15.